The molecule has 0 fully saturated rings. The van der Waals surface area contributed by atoms with Gasteiger partial charge in [-0.15, -0.1) is 0 Å². The van der Waals surface area contributed by atoms with Gasteiger partial charge in [-0.2, -0.15) is 21.9 Å². The van der Waals surface area contributed by atoms with Gasteiger partial charge in [0, 0.05) is 0 Å². The third-order valence-corrected chi connectivity index (χ3v) is 7.97. The van der Waals surface area contributed by atoms with Gasteiger partial charge in [0.05, 0.1) is 0 Å². The third kappa shape index (κ3) is 4.29. The first-order valence-corrected chi connectivity index (χ1v) is 12.5. The molecular weight excluding hydrogens is 471 g/mol. The molecule has 192 valence electrons. The Labute approximate surface area is 217 Å². The maximum Gasteiger partial charge on any atom is 0.123 e. The highest BCUT2D eigenvalue weighted by Gasteiger charge is 2.40. The predicted octanol–water partition coefficient (Wildman–Crippen LogP) is 6.09. The summed E-state index contributed by atoms with van der Waals surface area (Å²) in [5.74, 6) is -1.40. The first kappa shape index (κ1) is 26.7. The van der Waals surface area contributed by atoms with Crippen molar-refractivity contribution in [2.45, 2.75) is 55.4 Å². The van der Waals surface area contributed by atoms with Gasteiger partial charge >= 0.3 is 0 Å². The minimum absolute atomic E-state index is 0.351. The molecule has 0 nitrogen and oxygen atoms in total. The molecule has 0 atom stereocenters. The van der Waals surface area contributed by atoms with Gasteiger partial charge in [0.15, 0.2) is 0 Å². The molecule has 0 saturated carbocycles. The van der Waals surface area contributed by atoms with Crippen LogP contribution < -0.4 is 21.9 Å². The third-order valence-electron chi connectivity index (χ3n) is 7.97. The van der Waals surface area contributed by atoms with Crippen molar-refractivity contribution in [3.05, 3.63) is 116 Å². The monoisotopic (exact) mass is 503 g/mol. The van der Waals surface area contributed by atoms with Crippen LogP contribution in [0.3, 0.4) is 0 Å². The van der Waals surface area contributed by atoms with Gasteiger partial charge in [0.1, 0.15) is 29.4 Å². The summed E-state index contributed by atoms with van der Waals surface area (Å²) in [5.41, 5.74) is 9.37. The molecule has 4 aromatic carbocycles. The molecule has 0 saturated heterocycles. The van der Waals surface area contributed by atoms with E-state index in [4.69, 9.17) is 0 Å². The molecule has 0 bridgehead atoms. The van der Waals surface area contributed by atoms with Crippen molar-refractivity contribution < 1.29 is 17.6 Å². The summed E-state index contributed by atoms with van der Waals surface area (Å²) in [6, 6.07) is 12.1. The Morgan fingerprint density at radius 3 is 0.595 bits per heavy atom. The van der Waals surface area contributed by atoms with E-state index < -0.39 is 6.15 Å². The molecule has 0 N–H and O–H groups in total. The number of benzene rings is 4. The van der Waals surface area contributed by atoms with E-state index in [0.717, 1.165) is 66.4 Å². The summed E-state index contributed by atoms with van der Waals surface area (Å²) < 4.78 is 58.8. The van der Waals surface area contributed by atoms with Crippen LogP contribution in [0.5, 0.6) is 0 Å². The standard InChI is InChI=1S/C32H32BF4/c1-17-9-25(34)10-18(2)29(17)33(30-19(3)11-26(35)12-20(30)4,31-21(5)13-27(36)14-22(31)6)32-23(7)15-28(37)16-24(32)8/h9-16H,1-8H3/q-1. The molecule has 5 heteroatoms. The number of hydrogen-bond donors (Lipinski definition) is 0. The Balaban J connectivity index is 2.46. The maximum atomic E-state index is 14.7. The van der Waals surface area contributed by atoms with Gasteiger partial charge in [-0.3, -0.25) is 0 Å². The van der Waals surface area contributed by atoms with Crippen molar-refractivity contribution in [1.29, 1.82) is 0 Å². The summed E-state index contributed by atoms with van der Waals surface area (Å²) in [7, 11) is 0. The lowest BCUT2D eigenvalue weighted by atomic mass is 9.10. The van der Waals surface area contributed by atoms with E-state index in [1.807, 2.05) is 55.4 Å². The van der Waals surface area contributed by atoms with E-state index in [2.05, 4.69) is 0 Å². The zero-order chi connectivity index (χ0) is 27.4. The van der Waals surface area contributed by atoms with Crippen molar-refractivity contribution >= 4 is 28.0 Å². The van der Waals surface area contributed by atoms with Gasteiger partial charge < -0.3 is 0 Å². The summed E-state index contributed by atoms with van der Waals surface area (Å²) >= 11 is 0. The second-order valence-electron chi connectivity index (χ2n) is 10.7. The van der Waals surface area contributed by atoms with E-state index in [9.17, 15) is 17.6 Å². The molecule has 4 aromatic rings. The molecule has 0 aliphatic carbocycles. The molecule has 0 spiro atoms. The minimum atomic E-state index is -2.14. The lowest BCUT2D eigenvalue weighted by molar-refractivity contribution is 0.625. The number of aryl methyl sites for hydroxylation is 8. The van der Waals surface area contributed by atoms with Crippen LogP contribution in [0, 0.1) is 78.7 Å². The normalized spacial score (nSPS) is 11.8. The molecule has 0 unspecified atom stereocenters. The Kier molecular flexibility index (Phi) is 6.87. The minimum Gasteiger partial charge on any atom is -0.207 e. The fourth-order valence-corrected chi connectivity index (χ4v) is 7.29. The average molecular weight is 503 g/mol. The Bertz CT molecular complexity index is 1220. The Morgan fingerprint density at radius 2 is 0.459 bits per heavy atom. The number of rotatable bonds is 4. The maximum absolute atomic E-state index is 14.7. The van der Waals surface area contributed by atoms with Crippen LogP contribution in [-0.4, -0.2) is 6.15 Å². The van der Waals surface area contributed by atoms with Crippen LogP contribution in [0.2, 0.25) is 0 Å². The Hall–Kier alpha value is -3.34. The van der Waals surface area contributed by atoms with Crippen LogP contribution in [0.4, 0.5) is 17.6 Å². The van der Waals surface area contributed by atoms with Gasteiger partial charge in [-0.1, -0.05) is 44.5 Å². The number of halogens is 4. The van der Waals surface area contributed by atoms with E-state index in [1.165, 1.54) is 48.5 Å². The van der Waals surface area contributed by atoms with Crippen LogP contribution >= 0.6 is 0 Å². The largest absolute Gasteiger partial charge is 0.207 e. The molecule has 0 amide bonds. The quantitative estimate of drug-likeness (QED) is 0.234. The van der Waals surface area contributed by atoms with Gasteiger partial charge in [0.25, 0.3) is 0 Å². The van der Waals surface area contributed by atoms with Crippen molar-refractivity contribution in [2.75, 3.05) is 0 Å². The molecule has 0 aliphatic heterocycles. The first-order valence-electron chi connectivity index (χ1n) is 12.5. The fraction of sp³-hybridized carbons (Fsp3) is 0.250. The zero-order valence-corrected chi connectivity index (χ0v) is 22.7. The number of hydrogen-bond acceptors (Lipinski definition) is 0. The lowest BCUT2D eigenvalue weighted by Gasteiger charge is -2.51. The highest BCUT2D eigenvalue weighted by molar-refractivity contribution is 7.21. The van der Waals surface area contributed by atoms with E-state index in [-0.39, 0.29) is 23.3 Å². The lowest BCUT2D eigenvalue weighted by Crippen LogP contribution is -2.79. The average Bonchev–Trinajstić information content (AvgIpc) is 2.70. The zero-order valence-electron chi connectivity index (χ0n) is 22.7. The van der Waals surface area contributed by atoms with E-state index in [0.29, 0.717) is 0 Å². The van der Waals surface area contributed by atoms with Crippen LogP contribution in [0.1, 0.15) is 44.5 Å². The van der Waals surface area contributed by atoms with Crippen molar-refractivity contribution in [3.63, 3.8) is 0 Å². The van der Waals surface area contributed by atoms with E-state index >= 15 is 0 Å². The summed E-state index contributed by atoms with van der Waals surface area (Å²) in [6.45, 7) is 15.0. The van der Waals surface area contributed by atoms with Gasteiger partial charge in [-0.05, 0) is 104 Å². The molecule has 37 heavy (non-hydrogen) atoms. The van der Waals surface area contributed by atoms with Gasteiger partial charge in [0.2, 0.25) is 0 Å². The molecule has 0 heterocycles. The second-order valence-corrected chi connectivity index (χ2v) is 10.7. The fourth-order valence-electron chi connectivity index (χ4n) is 7.29. The van der Waals surface area contributed by atoms with E-state index in [1.54, 1.807) is 0 Å². The molecule has 4 rings (SSSR count). The van der Waals surface area contributed by atoms with Crippen LogP contribution in [-0.2, 0) is 0 Å². The SMILES string of the molecule is Cc1cc(F)cc(C)c1[B-](c1c(C)cc(F)cc1C)(c1c(C)cc(F)cc1C)c1c(C)cc(F)cc1C. The van der Waals surface area contributed by atoms with Gasteiger partial charge in [-0.25, -0.2) is 17.6 Å². The van der Waals surface area contributed by atoms with Crippen LogP contribution in [0.25, 0.3) is 0 Å². The molecule has 0 aliphatic rings. The van der Waals surface area contributed by atoms with Crippen molar-refractivity contribution in [1.82, 2.24) is 0 Å². The highest BCUT2D eigenvalue weighted by atomic mass is 19.1. The molecular formula is C32H32BF4-. The van der Waals surface area contributed by atoms with Crippen molar-refractivity contribution in [2.24, 2.45) is 0 Å². The topological polar surface area (TPSA) is 0 Å². The van der Waals surface area contributed by atoms with Crippen LogP contribution in [0.15, 0.2) is 48.5 Å². The summed E-state index contributed by atoms with van der Waals surface area (Å²) in [6.07, 6.45) is -2.14. The smallest absolute Gasteiger partial charge is 0.123 e. The summed E-state index contributed by atoms with van der Waals surface area (Å²) in [5, 5.41) is 0. The highest BCUT2D eigenvalue weighted by Crippen LogP contribution is 2.25. The second kappa shape index (κ2) is 9.52. The molecule has 0 aromatic heterocycles. The Morgan fingerprint density at radius 1 is 0.324 bits per heavy atom. The molecule has 0 radical (unpaired) electrons. The summed E-state index contributed by atoms with van der Waals surface area (Å²) in [4.78, 5) is 0. The predicted molar refractivity (Wildman–Crippen MR) is 148 cm³/mol. The first-order chi connectivity index (χ1) is 17.3. The van der Waals surface area contributed by atoms with Crippen molar-refractivity contribution in [3.8, 4) is 0 Å².